The van der Waals surface area contributed by atoms with Crippen LogP contribution in [0.25, 0.3) is 0 Å². The lowest BCUT2D eigenvalue weighted by Gasteiger charge is -2.51. The van der Waals surface area contributed by atoms with Crippen LogP contribution < -0.4 is 16.0 Å². The van der Waals surface area contributed by atoms with E-state index in [0.29, 0.717) is 58.3 Å². The monoisotopic (exact) mass is 577 g/mol. The highest BCUT2D eigenvalue weighted by Crippen LogP contribution is 2.34. The van der Waals surface area contributed by atoms with E-state index in [2.05, 4.69) is 16.0 Å². The van der Waals surface area contributed by atoms with E-state index in [-0.39, 0.29) is 24.5 Å². The smallest absolute Gasteiger partial charge is 0.407 e. The number of piperazine rings is 1. The van der Waals surface area contributed by atoms with Gasteiger partial charge in [0.2, 0.25) is 11.8 Å². The second-order valence-corrected chi connectivity index (χ2v) is 11.3. The number of nitrogens with zero attached hydrogens (tertiary/aromatic N) is 2. The van der Waals surface area contributed by atoms with Crippen molar-refractivity contribution in [3.8, 4) is 0 Å². The van der Waals surface area contributed by atoms with Crippen LogP contribution in [0.1, 0.15) is 62.1 Å². The van der Waals surface area contributed by atoms with Gasteiger partial charge < -0.3 is 30.5 Å². The molecule has 0 aliphatic carbocycles. The molecule has 0 bridgehead atoms. The number of nitrogens with one attached hydrogen (secondary N) is 3. The number of ether oxygens (including phenoxy) is 1. The van der Waals surface area contributed by atoms with Gasteiger partial charge in [-0.2, -0.15) is 0 Å². The molecule has 2 aromatic rings. The Morgan fingerprint density at radius 1 is 1.05 bits per heavy atom. The van der Waals surface area contributed by atoms with Gasteiger partial charge in [0.15, 0.2) is 0 Å². The quantitative estimate of drug-likeness (QED) is 0.359. The molecule has 2 aromatic carbocycles. The Kier molecular flexibility index (Phi) is 10.4. The van der Waals surface area contributed by atoms with Gasteiger partial charge in [-0.15, -0.1) is 0 Å². The number of urea groups is 1. The Bertz CT molecular complexity index is 1260. The summed E-state index contributed by atoms with van der Waals surface area (Å²) in [5, 5.41) is 8.73. The number of rotatable bonds is 10. The summed E-state index contributed by atoms with van der Waals surface area (Å²) < 4.78 is 5.23. The normalized spacial score (nSPS) is 18.0. The fraction of sp³-hybridized carbons (Fsp3) is 0.500. The van der Waals surface area contributed by atoms with Gasteiger partial charge in [0.1, 0.15) is 18.2 Å². The summed E-state index contributed by atoms with van der Waals surface area (Å²) in [5.41, 5.74) is 2.80. The van der Waals surface area contributed by atoms with Gasteiger partial charge in [-0.25, -0.2) is 9.59 Å². The third kappa shape index (κ3) is 7.40. The molecule has 0 unspecified atom stereocenters. The Labute approximate surface area is 248 Å². The standard InChI is InChI=1S/C32H43N5O5/c1-4-18-37-28(38)26(12-8-9-17-33-31(41)42-22-25-10-6-5-7-11-25)34-29(39)32(37)15-19-36(20-16-32)30(40)35-27-21-23(2)13-14-24(27)3/h5-7,10-11,13-14,21,26H,4,8-9,12,15-20,22H2,1-3H3,(H,33,41)(H,34,39)(H,35,40)/t26-/m0/s1. The van der Waals surface area contributed by atoms with Gasteiger partial charge in [0.25, 0.3) is 0 Å². The minimum absolute atomic E-state index is 0.0695. The van der Waals surface area contributed by atoms with Crippen molar-refractivity contribution in [1.29, 1.82) is 0 Å². The van der Waals surface area contributed by atoms with E-state index in [1.165, 1.54) is 0 Å². The van der Waals surface area contributed by atoms with Gasteiger partial charge in [0.05, 0.1) is 0 Å². The van der Waals surface area contributed by atoms with E-state index >= 15 is 0 Å². The Balaban J connectivity index is 1.25. The van der Waals surface area contributed by atoms with Crippen LogP contribution in [-0.4, -0.2) is 71.5 Å². The van der Waals surface area contributed by atoms with Gasteiger partial charge in [-0.3, -0.25) is 9.59 Å². The molecule has 226 valence electrons. The molecule has 0 saturated carbocycles. The van der Waals surface area contributed by atoms with Gasteiger partial charge >= 0.3 is 12.1 Å². The molecule has 0 aromatic heterocycles. The second-order valence-electron chi connectivity index (χ2n) is 11.3. The van der Waals surface area contributed by atoms with Crippen molar-refractivity contribution in [2.75, 3.05) is 31.5 Å². The number of benzene rings is 2. The van der Waals surface area contributed by atoms with Crippen molar-refractivity contribution < 1.29 is 23.9 Å². The number of hydrogen-bond acceptors (Lipinski definition) is 5. The number of likely N-dealkylation sites (tertiary alicyclic amines) is 1. The SMILES string of the molecule is CCCN1C(=O)[C@H](CCCCNC(=O)OCc2ccccc2)NC(=O)C12CCN(C(=O)Nc1cc(C)ccc1C)CC2. The summed E-state index contributed by atoms with van der Waals surface area (Å²) in [5.74, 6) is -0.210. The Morgan fingerprint density at radius 3 is 2.50 bits per heavy atom. The first kappa shape index (κ1) is 30.9. The highest BCUT2D eigenvalue weighted by molar-refractivity contribution is 6.00. The molecule has 4 rings (SSSR count). The maximum absolute atomic E-state index is 13.6. The number of unbranched alkanes of at least 4 members (excludes halogenated alkanes) is 1. The minimum atomic E-state index is -0.941. The summed E-state index contributed by atoms with van der Waals surface area (Å²) in [6.07, 6.45) is 2.86. The first-order valence-corrected chi connectivity index (χ1v) is 14.9. The lowest BCUT2D eigenvalue weighted by molar-refractivity contribution is -0.160. The predicted molar refractivity (Wildman–Crippen MR) is 161 cm³/mol. The molecule has 1 spiro atoms. The minimum Gasteiger partial charge on any atom is -0.445 e. The molecular formula is C32H43N5O5. The largest absolute Gasteiger partial charge is 0.445 e. The molecule has 1 atom stereocenters. The van der Waals surface area contributed by atoms with Crippen molar-refractivity contribution in [2.45, 2.75) is 77.5 Å². The lowest BCUT2D eigenvalue weighted by atomic mass is 9.81. The maximum atomic E-state index is 13.6. The fourth-order valence-electron chi connectivity index (χ4n) is 5.70. The molecule has 2 fully saturated rings. The van der Waals surface area contributed by atoms with Crippen LogP contribution in [0.2, 0.25) is 0 Å². The second kappa shape index (κ2) is 14.2. The highest BCUT2D eigenvalue weighted by Gasteiger charge is 2.53. The molecule has 42 heavy (non-hydrogen) atoms. The van der Waals surface area contributed by atoms with Crippen LogP contribution >= 0.6 is 0 Å². The Morgan fingerprint density at radius 2 is 1.79 bits per heavy atom. The van der Waals surface area contributed by atoms with Crippen molar-refractivity contribution in [2.24, 2.45) is 0 Å². The number of aryl methyl sites for hydroxylation is 2. The third-order valence-electron chi connectivity index (χ3n) is 8.17. The Hall–Kier alpha value is -4.08. The fourth-order valence-corrected chi connectivity index (χ4v) is 5.70. The maximum Gasteiger partial charge on any atom is 0.407 e. The van der Waals surface area contributed by atoms with Gasteiger partial charge in [0, 0.05) is 31.9 Å². The molecule has 5 amide bonds. The first-order chi connectivity index (χ1) is 20.2. The average molecular weight is 578 g/mol. The molecule has 3 N–H and O–H groups in total. The summed E-state index contributed by atoms with van der Waals surface area (Å²) in [7, 11) is 0. The zero-order valence-corrected chi connectivity index (χ0v) is 24.9. The molecule has 2 aliphatic rings. The number of alkyl carbamates (subject to hydrolysis) is 1. The predicted octanol–water partition coefficient (Wildman–Crippen LogP) is 4.50. The number of anilines is 1. The highest BCUT2D eigenvalue weighted by atomic mass is 16.5. The zero-order chi connectivity index (χ0) is 30.1. The lowest BCUT2D eigenvalue weighted by Crippen LogP contribution is -2.73. The molecule has 10 nitrogen and oxygen atoms in total. The van der Waals surface area contributed by atoms with Crippen molar-refractivity contribution >= 4 is 29.6 Å². The zero-order valence-electron chi connectivity index (χ0n) is 24.9. The van der Waals surface area contributed by atoms with Crippen molar-refractivity contribution in [3.05, 3.63) is 65.2 Å². The number of piperidine rings is 1. The van der Waals surface area contributed by atoms with Crippen LogP contribution in [0.5, 0.6) is 0 Å². The van der Waals surface area contributed by atoms with Crippen LogP contribution in [-0.2, 0) is 20.9 Å². The van der Waals surface area contributed by atoms with Crippen molar-refractivity contribution in [1.82, 2.24) is 20.4 Å². The van der Waals surface area contributed by atoms with E-state index in [1.54, 1.807) is 9.80 Å². The average Bonchev–Trinajstić information content (AvgIpc) is 2.99. The molecule has 0 radical (unpaired) electrons. The molecule has 2 saturated heterocycles. The number of carbonyl (C=O) groups excluding carboxylic acids is 4. The number of amides is 5. The summed E-state index contributed by atoms with van der Waals surface area (Å²) >= 11 is 0. The van der Waals surface area contributed by atoms with Crippen LogP contribution in [0.4, 0.5) is 15.3 Å². The van der Waals surface area contributed by atoms with E-state index < -0.39 is 17.7 Å². The topological polar surface area (TPSA) is 120 Å². The van der Waals surface area contributed by atoms with Crippen LogP contribution in [0, 0.1) is 13.8 Å². The van der Waals surface area contributed by atoms with Crippen molar-refractivity contribution in [3.63, 3.8) is 0 Å². The van der Waals surface area contributed by atoms with Crippen LogP contribution in [0.3, 0.4) is 0 Å². The van der Waals surface area contributed by atoms with Crippen LogP contribution in [0.15, 0.2) is 48.5 Å². The van der Waals surface area contributed by atoms with E-state index in [9.17, 15) is 19.2 Å². The number of carbonyl (C=O) groups is 4. The van der Waals surface area contributed by atoms with E-state index in [0.717, 1.165) is 28.8 Å². The third-order valence-corrected chi connectivity index (χ3v) is 8.17. The van der Waals surface area contributed by atoms with E-state index in [4.69, 9.17) is 4.74 Å². The van der Waals surface area contributed by atoms with E-state index in [1.807, 2.05) is 69.3 Å². The summed E-state index contributed by atoms with van der Waals surface area (Å²) in [6.45, 7) is 7.82. The molecule has 2 heterocycles. The number of hydrogen-bond donors (Lipinski definition) is 3. The molecule has 2 aliphatic heterocycles. The van der Waals surface area contributed by atoms with Gasteiger partial charge in [-0.05, 0) is 75.1 Å². The molecule has 10 heteroatoms. The summed E-state index contributed by atoms with van der Waals surface area (Å²) in [6, 6.07) is 14.6. The first-order valence-electron chi connectivity index (χ1n) is 14.9. The summed E-state index contributed by atoms with van der Waals surface area (Å²) in [4.78, 5) is 55.6. The van der Waals surface area contributed by atoms with Gasteiger partial charge in [-0.1, -0.05) is 49.4 Å². The molecular weight excluding hydrogens is 534 g/mol.